The van der Waals surface area contributed by atoms with Gasteiger partial charge in [0.2, 0.25) is 0 Å². The lowest BCUT2D eigenvalue weighted by Crippen LogP contribution is -2.19. The van der Waals surface area contributed by atoms with Gasteiger partial charge in [-0.1, -0.05) is 107 Å². The van der Waals surface area contributed by atoms with E-state index in [0.717, 1.165) is 15.4 Å². The molecule has 0 atom stereocenters. The maximum absolute atomic E-state index is 12.8. The van der Waals surface area contributed by atoms with Gasteiger partial charge < -0.3 is 5.32 Å². The second kappa shape index (κ2) is 10.3. The van der Waals surface area contributed by atoms with Crippen LogP contribution in [0.1, 0.15) is 15.9 Å². The van der Waals surface area contributed by atoms with Gasteiger partial charge in [-0.15, -0.1) is 0 Å². The standard InChI is InChI=1S/C27H21BrNOP/c28-23-18-16-21(17-19-23)26(20-29-27(30)22-10-4-1-5-11-22)31(24-12-6-2-7-13-24)25-14-8-3-9-15-25/h1-20H,(H,29,30). The van der Waals surface area contributed by atoms with Crippen molar-refractivity contribution in [2.75, 3.05) is 0 Å². The Morgan fingerprint density at radius 3 is 1.65 bits per heavy atom. The molecule has 31 heavy (non-hydrogen) atoms. The highest BCUT2D eigenvalue weighted by Gasteiger charge is 2.20. The molecule has 0 saturated heterocycles. The minimum Gasteiger partial charge on any atom is -0.328 e. The van der Waals surface area contributed by atoms with Gasteiger partial charge in [0.15, 0.2) is 0 Å². The fourth-order valence-corrected chi connectivity index (χ4v) is 5.95. The van der Waals surface area contributed by atoms with Gasteiger partial charge in [-0.05, 0) is 48.4 Å². The quantitative estimate of drug-likeness (QED) is 0.318. The lowest BCUT2D eigenvalue weighted by molar-refractivity contribution is 0.0970. The molecule has 0 unspecified atom stereocenters. The van der Waals surface area contributed by atoms with E-state index < -0.39 is 7.92 Å². The van der Waals surface area contributed by atoms with Gasteiger partial charge >= 0.3 is 0 Å². The highest BCUT2D eigenvalue weighted by Crippen LogP contribution is 2.48. The minimum atomic E-state index is -0.869. The average Bonchev–Trinajstić information content (AvgIpc) is 2.84. The van der Waals surface area contributed by atoms with Crippen molar-refractivity contribution in [2.24, 2.45) is 0 Å². The molecule has 0 aromatic heterocycles. The van der Waals surface area contributed by atoms with E-state index in [1.165, 1.54) is 10.6 Å². The molecule has 152 valence electrons. The van der Waals surface area contributed by atoms with Crippen LogP contribution in [0.4, 0.5) is 0 Å². The molecule has 0 bridgehead atoms. The van der Waals surface area contributed by atoms with E-state index in [1.54, 1.807) is 0 Å². The molecular formula is C27H21BrNOP. The van der Waals surface area contributed by atoms with E-state index in [9.17, 15) is 4.79 Å². The number of nitrogens with one attached hydrogen (secondary N) is 1. The van der Waals surface area contributed by atoms with Crippen LogP contribution in [0.5, 0.6) is 0 Å². The van der Waals surface area contributed by atoms with Crippen LogP contribution in [0.15, 0.2) is 126 Å². The summed E-state index contributed by atoms with van der Waals surface area (Å²) >= 11 is 3.53. The van der Waals surface area contributed by atoms with Crippen molar-refractivity contribution in [3.63, 3.8) is 0 Å². The van der Waals surface area contributed by atoms with Crippen molar-refractivity contribution in [1.29, 1.82) is 0 Å². The van der Waals surface area contributed by atoms with Crippen molar-refractivity contribution < 1.29 is 4.79 Å². The number of carbonyl (C=O) groups excluding carboxylic acids is 1. The van der Waals surface area contributed by atoms with Crippen LogP contribution in [0.3, 0.4) is 0 Å². The monoisotopic (exact) mass is 485 g/mol. The lowest BCUT2D eigenvalue weighted by atomic mass is 10.2. The van der Waals surface area contributed by atoms with E-state index in [2.05, 4.69) is 81.9 Å². The highest BCUT2D eigenvalue weighted by molar-refractivity contribution is 9.10. The maximum Gasteiger partial charge on any atom is 0.255 e. The molecule has 0 radical (unpaired) electrons. The van der Waals surface area contributed by atoms with Crippen LogP contribution in [-0.2, 0) is 0 Å². The lowest BCUT2D eigenvalue weighted by Gasteiger charge is -2.23. The summed E-state index contributed by atoms with van der Waals surface area (Å²) in [6.45, 7) is 0. The van der Waals surface area contributed by atoms with Crippen LogP contribution in [-0.4, -0.2) is 5.91 Å². The Balaban J connectivity index is 1.81. The first-order chi connectivity index (χ1) is 15.2. The van der Waals surface area contributed by atoms with Crippen LogP contribution >= 0.6 is 23.9 Å². The zero-order valence-electron chi connectivity index (χ0n) is 16.8. The Bertz CT molecular complexity index is 1120. The summed E-state index contributed by atoms with van der Waals surface area (Å²) in [4.78, 5) is 12.8. The molecule has 0 aliphatic carbocycles. The highest BCUT2D eigenvalue weighted by atomic mass is 79.9. The molecule has 4 heteroatoms. The van der Waals surface area contributed by atoms with Gasteiger partial charge in [0.05, 0.1) is 0 Å². The fraction of sp³-hybridized carbons (Fsp3) is 0. The molecule has 0 saturated carbocycles. The normalized spacial score (nSPS) is 11.4. The zero-order chi connectivity index (χ0) is 21.5. The third kappa shape index (κ3) is 5.38. The molecule has 4 aromatic carbocycles. The van der Waals surface area contributed by atoms with Crippen molar-refractivity contribution >= 4 is 45.7 Å². The third-order valence-electron chi connectivity index (χ3n) is 4.79. The summed E-state index contributed by atoms with van der Waals surface area (Å²) in [6, 6.07) is 38.5. The number of halogens is 1. The van der Waals surface area contributed by atoms with E-state index in [4.69, 9.17) is 0 Å². The topological polar surface area (TPSA) is 29.1 Å². The molecule has 1 N–H and O–H groups in total. The van der Waals surface area contributed by atoms with E-state index >= 15 is 0 Å². The Morgan fingerprint density at radius 1 is 0.645 bits per heavy atom. The number of carbonyl (C=O) groups is 1. The van der Waals surface area contributed by atoms with E-state index in [0.29, 0.717) is 5.56 Å². The molecule has 4 rings (SSSR count). The SMILES string of the molecule is O=C(NC=C(c1ccc(Br)cc1)P(c1ccccc1)c1ccccc1)c1ccccc1. The molecule has 0 spiro atoms. The molecule has 0 heterocycles. The predicted molar refractivity (Wildman–Crippen MR) is 135 cm³/mol. The van der Waals surface area contributed by atoms with E-state index in [-0.39, 0.29) is 5.91 Å². The van der Waals surface area contributed by atoms with Crippen LogP contribution in [0.2, 0.25) is 0 Å². The van der Waals surface area contributed by atoms with Crippen molar-refractivity contribution in [1.82, 2.24) is 5.32 Å². The molecule has 0 fully saturated rings. The molecule has 0 aliphatic heterocycles. The van der Waals surface area contributed by atoms with Crippen molar-refractivity contribution in [2.45, 2.75) is 0 Å². The molecule has 0 aliphatic rings. The number of amides is 1. The first kappa shape index (κ1) is 21.2. The van der Waals surface area contributed by atoms with E-state index in [1.807, 2.05) is 60.8 Å². The fourth-order valence-electron chi connectivity index (χ4n) is 3.29. The summed E-state index contributed by atoms with van der Waals surface area (Å²) in [5.41, 5.74) is 1.72. The van der Waals surface area contributed by atoms with Gasteiger partial charge in [0.25, 0.3) is 5.91 Å². The number of rotatable bonds is 6. The Hall–Kier alpha value is -3.00. The summed E-state index contributed by atoms with van der Waals surface area (Å²) in [7, 11) is -0.869. The Morgan fingerprint density at radius 2 is 1.13 bits per heavy atom. The molecule has 2 nitrogen and oxygen atoms in total. The second-order valence-corrected chi connectivity index (χ2v) is 9.98. The van der Waals surface area contributed by atoms with Gasteiger partial charge in [0, 0.05) is 21.6 Å². The minimum absolute atomic E-state index is 0.119. The smallest absolute Gasteiger partial charge is 0.255 e. The Labute approximate surface area is 192 Å². The van der Waals surface area contributed by atoms with Gasteiger partial charge in [0.1, 0.15) is 0 Å². The molecule has 4 aromatic rings. The van der Waals surface area contributed by atoms with Gasteiger partial charge in [-0.25, -0.2) is 0 Å². The first-order valence-corrected chi connectivity index (χ1v) is 12.1. The number of hydrogen-bond donors (Lipinski definition) is 1. The predicted octanol–water partition coefficient (Wildman–Crippen LogP) is 6.31. The van der Waals surface area contributed by atoms with Crippen LogP contribution in [0, 0.1) is 0 Å². The van der Waals surface area contributed by atoms with Gasteiger partial charge in [-0.3, -0.25) is 4.79 Å². The van der Waals surface area contributed by atoms with Crippen LogP contribution in [0.25, 0.3) is 5.31 Å². The van der Waals surface area contributed by atoms with Crippen LogP contribution < -0.4 is 15.9 Å². The second-order valence-electron chi connectivity index (χ2n) is 6.88. The zero-order valence-corrected chi connectivity index (χ0v) is 19.3. The van der Waals surface area contributed by atoms with Gasteiger partial charge in [-0.2, -0.15) is 0 Å². The van der Waals surface area contributed by atoms with Crippen molar-refractivity contribution in [3.05, 3.63) is 137 Å². The summed E-state index contributed by atoms with van der Waals surface area (Å²) in [5, 5.41) is 6.58. The summed E-state index contributed by atoms with van der Waals surface area (Å²) in [5.74, 6) is -0.119. The average molecular weight is 486 g/mol. The largest absolute Gasteiger partial charge is 0.328 e. The first-order valence-electron chi connectivity index (χ1n) is 9.94. The molecular weight excluding hydrogens is 465 g/mol. The van der Waals surface area contributed by atoms with Crippen molar-refractivity contribution in [3.8, 4) is 0 Å². The Kier molecular flexibility index (Phi) is 7.09. The summed E-state index contributed by atoms with van der Waals surface area (Å²) < 4.78 is 1.02. The molecule has 1 amide bonds. The number of benzene rings is 4. The summed E-state index contributed by atoms with van der Waals surface area (Å²) in [6.07, 6.45) is 1.88. The maximum atomic E-state index is 12.8. The number of hydrogen-bond acceptors (Lipinski definition) is 1. The third-order valence-corrected chi connectivity index (χ3v) is 7.81.